The number of anilines is 1. The Bertz CT molecular complexity index is 1040. The summed E-state index contributed by atoms with van der Waals surface area (Å²) >= 11 is 0. The molecule has 0 bridgehead atoms. The molecule has 0 saturated carbocycles. The summed E-state index contributed by atoms with van der Waals surface area (Å²) in [4.78, 5) is 26.1. The Kier molecular flexibility index (Phi) is 5.79. The van der Waals surface area contributed by atoms with E-state index in [1.54, 1.807) is 12.1 Å². The number of rotatable bonds is 3. The molecule has 1 atom stereocenters. The highest BCUT2D eigenvalue weighted by molar-refractivity contribution is 6.32. The molecule has 0 spiro atoms. The maximum Gasteiger partial charge on any atom is 0.430 e. The fourth-order valence-electron chi connectivity index (χ4n) is 3.54. The Morgan fingerprint density at radius 3 is 2.09 bits per heavy atom. The molecule has 12 heteroatoms. The average Bonchev–Trinajstić information content (AvgIpc) is 3.05. The van der Waals surface area contributed by atoms with Gasteiger partial charge in [-0.3, -0.25) is 9.59 Å². The van der Waals surface area contributed by atoms with Gasteiger partial charge in [-0.1, -0.05) is 35.8 Å². The molecule has 1 unspecified atom stereocenters. The van der Waals surface area contributed by atoms with E-state index in [4.69, 9.17) is 7.85 Å². The predicted octanol–water partition coefficient (Wildman–Crippen LogP) is 2.83. The second-order valence-electron chi connectivity index (χ2n) is 7.28. The van der Waals surface area contributed by atoms with Gasteiger partial charge < -0.3 is 15.3 Å². The molecule has 2 aromatic carbocycles. The molecular weight excluding hydrogens is 441 g/mol. The number of nitrogens with zero attached hydrogens (tertiary/aromatic N) is 1. The van der Waals surface area contributed by atoms with E-state index in [1.165, 1.54) is 17.9 Å². The lowest BCUT2D eigenvalue weighted by Crippen LogP contribution is -2.53. The van der Waals surface area contributed by atoms with Gasteiger partial charge in [0.05, 0.1) is 0 Å². The van der Waals surface area contributed by atoms with E-state index < -0.39 is 41.4 Å². The Balaban J connectivity index is 1.89. The van der Waals surface area contributed by atoms with Gasteiger partial charge in [0.2, 0.25) is 5.91 Å². The Hall–Kier alpha value is -3.02. The highest BCUT2D eigenvalue weighted by Gasteiger charge is 2.71. The molecule has 2 radical (unpaired) electrons. The first kappa shape index (κ1) is 23.6. The quantitative estimate of drug-likeness (QED) is 0.552. The number of alkyl halides is 6. The van der Waals surface area contributed by atoms with Gasteiger partial charge in [-0.2, -0.15) is 26.3 Å². The molecule has 2 N–H and O–H groups in total. The van der Waals surface area contributed by atoms with Crippen LogP contribution < -0.4 is 10.8 Å². The third-order valence-corrected chi connectivity index (χ3v) is 5.16. The van der Waals surface area contributed by atoms with E-state index in [0.717, 1.165) is 12.1 Å². The second-order valence-corrected chi connectivity index (χ2v) is 7.28. The van der Waals surface area contributed by atoms with E-state index in [9.17, 15) is 41.0 Å². The number of amides is 2. The Morgan fingerprint density at radius 1 is 1.03 bits per heavy atom. The van der Waals surface area contributed by atoms with Gasteiger partial charge in [0.15, 0.2) is 0 Å². The summed E-state index contributed by atoms with van der Waals surface area (Å²) in [6.45, 7) is 1.36. The molecular formula is C20H15BF6N2O3. The lowest BCUT2D eigenvalue weighted by Gasteiger charge is -2.32. The minimum absolute atomic E-state index is 0.108. The first-order chi connectivity index (χ1) is 14.7. The molecule has 2 aromatic rings. The van der Waals surface area contributed by atoms with Crippen molar-refractivity contribution in [1.29, 1.82) is 0 Å². The molecule has 0 saturated heterocycles. The third-order valence-electron chi connectivity index (χ3n) is 5.16. The number of carbonyl (C=O) groups is 2. The number of hydrogen-bond donors (Lipinski definition) is 2. The van der Waals surface area contributed by atoms with Crippen molar-refractivity contribution >= 4 is 30.8 Å². The van der Waals surface area contributed by atoms with Crippen LogP contribution in [0.5, 0.6) is 0 Å². The molecule has 1 aliphatic rings. The van der Waals surface area contributed by atoms with E-state index in [1.807, 2.05) is 0 Å². The average molecular weight is 456 g/mol. The number of aliphatic hydroxyl groups is 1. The van der Waals surface area contributed by atoms with Crippen molar-refractivity contribution in [1.82, 2.24) is 4.90 Å². The second kappa shape index (κ2) is 7.84. The SMILES string of the molecule is [B]c1ccc2c(c1)CN(C(C)=O)C2C(=O)Nc1ccc(C(O)(C(F)(F)F)C(F)(F)F)cc1. The van der Waals surface area contributed by atoms with Crippen molar-refractivity contribution in [3.63, 3.8) is 0 Å². The maximum absolute atomic E-state index is 13.0. The van der Waals surface area contributed by atoms with Gasteiger partial charge in [0, 0.05) is 24.7 Å². The number of carbonyl (C=O) groups excluding carboxylic acids is 2. The van der Waals surface area contributed by atoms with E-state index in [-0.39, 0.29) is 12.2 Å². The molecule has 5 nitrogen and oxygen atoms in total. The van der Waals surface area contributed by atoms with Gasteiger partial charge in [-0.15, -0.1) is 0 Å². The van der Waals surface area contributed by atoms with Crippen LogP contribution in [0.4, 0.5) is 32.0 Å². The smallest absolute Gasteiger partial charge is 0.369 e. The van der Waals surface area contributed by atoms with Crippen LogP contribution in [0.3, 0.4) is 0 Å². The van der Waals surface area contributed by atoms with E-state index in [0.29, 0.717) is 28.7 Å². The largest absolute Gasteiger partial charge is 0.430 e. The van der Waals surface area contributed by atoms with Crippen molar-refractivity contribution in [3.05, 3.63) is 59.2 Å². The fraction of sp³-hybridized carbons (Fsp3) is 0.300. The van der Waals surface area contributed by atoms with Crippen LogP contribution in [-0.4, -0.2) is 42.0 Å². The first-order valence-corrected chi connectivity index (χ1v) is 9.09. The van der Waals surface area contributed by atoms with Crippen LogP contribution in [0.1, 0.15) is 29.7 Å². The Labute approximate surface area is 179 Å². The zero-order valence-corrected chi connectivity index (χ0v) is 16.4. The lowest BCUT2D eigenvalue weighted by molar-refractivity contribution is -0.376. The molecule has 0 fully saturated rings. The highest BCUT2D eigenvalue weighted by Crippen LogP contribution is 2.50. The van der Waals surface area contributed by atoms with Crippen LogP contribution >= 0.6 is 0 Å². The van der Waals surface area contributed by atoms with Crippen molar-refractivity contribution in [2.24, 2.45) is 0 Å². The number of fused-ring (bicyclic) bond motifs is 1. The summed E-state index contributed by atoms with van der Waals surface area (Å²) in [5.74, 6) is -1.14. The summed E-state index contributed by atoms with van der Waals surface area (Å²) in [5, 5.41) is 11.8. The zero-order valence-electron chi connectivity index (χ0n) is 16.4. The predicted molar refractivity (Wildman–Crippen MR) is 102 cm³/mol. The van der Waals surface area contributed by atoms with Crippen LogP contribution in [0.2, 0.25) is 0 Å². The van der Waals surface area contributed by atoms with Gasteiger partial charge in [0.1, 0.15) is 13.9 Å². The number of hydrogen-bond acceptors (Lipinski definition) is 3. The van der Waals surface area contributed by atoms with Crippen molar-refractivity contribution in [2.75, 3.05) is 5.32 Å². The number of halogens is 6. The molecule has 0 aromatic heterocycles. The van der Waals surface area contributed by atoms with Crippen LogP contribution in [0.15, 0.2) is 42.5 Å². The normalized spacial score (nSPS) is 16.6. The van der Waals surface area contributed by atoms with Crippen molar-refractivity contribution < 1.29 is 41.0 Å². The molecule has 1 heterocycles. The number of benzene rings is 2. The van der Waals surface area contributed by atoms with Crippen molar-refractivity contribution in [3.8, 4) is 0 Å². The molecule has 1 aliphatic heterocycles. The zero-order chi connectivity index (χ0) is 24.1. The lowest BCUT2D eigenvalue weighted by atomic mass is 9.91. The van der Waals surface area contributed by atoms with Gasteiger partial charge in [0.25, 0.3) is 11.5 Å². The monoisotopic (exact) mass is 456 g/mol. The van der Waals surface area contributed by atoms with Gasteiger partial charge >= 0.3 is 12.4 Å². The highest BCUT2D eigenvalue weighted by atomic mass is 19.4. The minimum Gasteiger partial charge on any atom is -0.369 e. The van der Waals surface area contributed by atoms with Gasteiger partial charge in [-0.25, -0.2) is 0 Å². The first-order valence-electron chi connectivity index (χ1n) is 9.09. The molecule has 0 aliphatic carbocycles. The summed E-state index contributed by atoms with van der Waals surface area (Å²) in [5.41, 5.74) is -5.10. The van der Waals surface area contributed by atoms with Gasteiger partial charge in [-0.05, 0) is 23.3 Å². The number of nitrogens with one attached hydrogen (secondary N) is 1. The van der Waals surface area contributed by atoms with Crippen LogP contribution in [0.25, 0.3) is 0 Å². The third kappa shape index (κ3) is 3.94. The molecule has 3 rings (SSSR count). The van der Waals surface area contributed by atoms with Crippen molar-refractivity contribution in [2.45, 2.75) is 37.5 Å². The fourth-order valence-corrected chi connectivity index (χ4v) is 3.54. The minimum atomic E-state index is -6.02. The summed E-state index contributed by atoms with van der Waals surface area (Å²) in [6.07, 6.45) is -12.0. The summed E-state index contributed by atoms with van der Waals surface area (Å²) in [7, 11) is 5.72. The van der Waals surface area contributed by atoms with Crippen LogP contribution in [0, 0.1) is 0 Å². The topological polar surface area (TPSA) is 69.6 Å². The van der Waals surface area contributed by atoms with E-state index in [2.05, 4.69) is 5.32 Å². The summed E-state index contributed by atoms with van der Waals surface area (Å²) in [6, 6.07) is 6.07. The summed E-state index contributed by atoms with van der Waals surface area (Å²) < 4.78 is 78.0. The molecule has 32 heavy (non-hydrogen) atoms. The molecule has 2 amide bonds. The Morgan fingerprint density at radius 2 is 1.59 bits per heavy atom. The van der Waals surface area contributed by atoms with Crippen LogP contribution in [-0.2, 0) is 21.7 Å². The maximum atomic E-state index is 13.0. The van der Waals surface area contributed by atoms with E-state index >= 15 is 0 Å². The molecule has 168 valence electrons. The standard InChI is InChI=1S/C20H15BF6N2O3/c1-10(30)29-9-11-8-13(21)4-7-15(11)16(29)17(31)28-14-5-2-12(3-6-14)18(32,19(22,23)24)20(25,26)27/h2-8,16,32H,9H2,1H3,(H,28,31).